The molecule has 1 atom stereocenters. The Balaban J connectivity index is 1.51. The molecular weight excluding hydrogens is 540 g/mol. The molecule has 0 spiro atoms. The van der Waals surface area contributed by atoms with E-state index in [1.807, 2.05) is 30.3 Å². The van der Waals surface area contributed by atoms with Gasteiger partial charge in [0.1, 0.15) is 11.5 Å². The van der Waals surface area contributed by atoms with Crippen LogP contribution in [-0.4, -0.2) is 28.7 Å². The Morgan fingerprint density at radius 3 is 2.24 bits per heavy atom. The maximum absolute atomic E-state index is 13.8. The van der Waals surface area contributed by atoms with E-state index in [0.717, 1.165) is 11.1 Å². The van der Waals surface area contributed by atoms with Crippen LogP contribution < -0.4 is 14.9 Å². The number of allylic oxidation sites excluding steroid dienone is 1. The van der Waals surface area contributed by atoms with E-state index in [1.165, 1.54) is 11.3 Å². The zero-order chi connectivity index (χ0) is 29.3. The van der Waals surface area contributed by atoms with Crippen molar-refractivity contribution in [3.8, 4) is 11.3 Å². The summed E-state index contributed by atoms with van der Waals surface area (Å²) >= 11 is 1.23. The second-order valence-electron chi connectivity index (χ2n) is 10.2. The van der Waals surface area contributed by atoms with E-state index in [9.17, 15) is 14.4 Å². The van der Waals surface area contributed by atoms with E-state index in [2.05, 4.69) is 4.99 Å². The number of furan rings is 1. The molecule has 1 aliphatic rings. The molecule has 0 fully saturated rings. The standard InChI is InChI=1S/C32H30N2O6S/c1-18(2)38-30(36)23-13-11-21(12-14-23)25-16-15-24(40-25)17-26-29(35)34-28(22-9-7-6-8-10-22)27(31(37)39-19(3)4)20(5)33-32(34)41-26/h6-19,28H,1-5H3. The number of fused-ring (bicyclic) bond motifs is 1. The van der Waals surface area contributed by atoms with Crippen molar-refractivity contribution in [2.24, 2.45) is 4.99 Å². The number of aromatic nitrogens is 1. The maximum Gasteiger partial charge on any atom is 0.338 e. The summed E-state index contributed by atoms with van der Waals surface area (Å²) in [6.07, 6.45) is 1.16. The van der Waals surface area contributed by atoms with Gasteiger partial charge < -0.3 is 13.9 Å². The van der Waals surface area contributed by atoms with Gasteiger partial charge in [-0.25, -0.2) is 14.6 Å². The number of hydrogen-bond donors (Lipinski definition) is 0. The molecule has 210 valence electrons. The highest BCUT2D eigenvalue weighted by molar-refractivity contribution is 7.07. The number of hydrogen-bond acceptors (Lipinski definition) is 8. The highest BCUT2D eigenvalue weighted by Gasteiger charge is 2.33. The van der Waals surface area contributed by atoms with Crippen LogP contribution >= 0.6 is 11.3 Å². The normalized spacial score (nSPS) is 15.2. The van der Waals surface area contributed by atoms with Crippen molar-refractivity contribution in [3.63, 3.8) is 0 Å². The first-order valence-electron chi connectivity index (χ1n) is 13.3. The Hall–Kier alpha value is -4.50. The highest BCUT2D eigenvalue weighted by atomic mass is 32.1. The molecule has 0 radical (unpaired) electrons. The summed E-state index contributed by atoms with van der Waals surface area (Å²) in [6.45, 7) is 8.93. The number of rotatable bonds is 7. The summed E-state index contributed by atoms with van der Waals surface area (Å²) in [4.78, 5) is 44.2. The van der Waals surface area contributed by atoms with Crippen LogP contribution in [0.25, 0.3) is 17.4 Å². The van der Waals surface area contributed by atoms with Crippen molar-refractivity contribution in [2.75, 3.05) is 0 Å². The van der Waals surface area contributed by atoms with E-state index in [-0.39, 0.29) is 23.7 Å². The Labute approximate surface area is 240 Å². The van der Waals surface area contributed by atoms with E-state index in [0.29, 0.717) is 37.7 Å². The molecule has 1 aliphatic heterocycles. The zero-order valence-electron chi connectivity index (χ0n) is 23.4. The van der Waals surface area contributed by atoms with Crippen LogP contribution in [0.5, 0.6) is 0 Å². The first-order chi connectivity index (χ1) is 19.6. The van der Waals surface area contributed by atoms with Crippen LogP contribution in [0.15, 0.2) is 92.2 Å². The van der Waals surface area contributed by atoms with Crippen LogP contribution in [0.3, 0.4) is 0 Å². The average molecular weight is 571 g/mol. The van der Waals surface area contributed by atoms with Gasteiger partial charge in [-0.05, 0) is 64.4 Å². The van der Waals surface area contributed by atoms with E-state index < -0.39 is 12.0 Å². The average Bonchev–Trinajstić information content (AvgIpc) is 3.52. The predicted molar refractivity (Wildman–Crippen MR) is 156 cm³/mol. The lowest BCUT2D eigenvalue weighted by Crippen LogP contribution is -2.40. The summed E-state index contributed by atoms with van der Waals surface area (Å²) in [5, 5.41) is 0. The van der Waals surface area contributed by atoms with Crippen molar-refractivity contribution < 1.29 is 23.5 Å². The van der Waals surface area contributed by atoms with Gasteiger partial charge in [-0.15, -0.1) is 0 Å². The molecule has 2 aromatic carbocycles. The molecular formula is C32H30N2O6S. The lowest BCUT2D eigenvalue weighted by Gasteiger charge is -2.25. The van der Waals surface area contributed by atoms with E-state index >= 15 is 0 Å². The van der Waals surface area contributed by atoms with Gasteiger partial charge in [-0.2, -0.15) is 0 Å². The summed E-state index contributed by atoms with van der Waals surface area (Å²) in [6, 6.07) is 19.3. The number of nitrogens with zero attached hydrogens (tertiary/aromatic N) is 2. The van der Waals surface area contributed by atoms with Crippen molar-refractivity contribution in [2.45, 2.75) is 52.9 Å². The lowest BCUT2D eigenvalue weighted by molar-refractivity contribution is -0.143. The minimum atomic E-state index is -0.672. The van der Waals surface area contributed by atoms with Gasteiger partial charge in [0.05, 0.1) is 39.6 Å². The van der Waals surface area contributed by atoms with Crippen molar-refractivity contribution >= 4 is 29.4 Å². The topological polar surface area (TPSA) is 100 Å². The van der Waals surface area contributed by atoms with Crippen LogP contribution in [-0.2, 0) is 14.3 Å². The van der Waals surface area contributed by atoms with Gasteiger partial charge in [0, 0.05) is 11.6 Å². The third kappa shape index (κ3) is 5.85. The quantitative estimate of drug-likeness (QED) is 0.290. The molecule has 5 rings (SSSR count). The van der Waals surface area contributed by atoms with Crippen LogP contribution in [0.1, 0.15) is 62.3 Å². The number of ether oxygens (including phenoxy) is 2. The Morgan fingerprint density at radius 2 is 1.59 bits per heavy atom. The van der Waals surface area contributed by atoms with Gasteiger partial charge in [0.2, 0.25) is 0 Å². The van der Waals surface area contributed by atoms with Gasteiger partial charge in [-0.3, -0.25) is 9.36 Å². The second kappa shape index (κ2) is 11.5. The number of carbonyl (C=O) groups is 2. The van der Waals surface area contributed by atoms with E-state index in [1.54, 1.807) is 81.7 Å². The fraction of sp³-hybridized carbons (Fsp3) is 0.250. The summed E-state index contributed by atoms with van der Waals surface area (Å²) in [5.41, 5.74) is 2.58. The van der Waals surface area contributed by atoms with Gasteiger partial charge in [0.25, 0.3) is 5.56 Å². The van der Waals surface area contributed by atoms with Crippen LogP contribution in [0.4, 0.5) is 0 Å². The largest absolute Gasteiger partial charge is 0.459 e. The van der Waals surface area contributed by atoms with Crippen molar-refractivity contribution in [3.05, 3.63) is 115 Å². The minimum absolute atomic E-state index is 0.201. The lowest BCUT2D eigenvalue weighted by atomic mass is 9.96. The molecule has 1 unspecified atom stereocenters. The molecule has 0 amide bonds. The van der Waals surface area contributed by atoms with Gasteiger partial charge >= 0.3 is 11.9 Å². The molecule has 4 aromatic rings. The van der Waals surface area contributed by atoms with E-state index in [4.69, 9.17) is 13.9 Å². The third-order valence-electron chi connectivity index (χ3n) is 6.35. The fourth-order valence-corrected chi connectivity index (χ4v) is 5.61. The molecule has 0 saturated carbocycles. The van der Waals surface area contributed by atoms with Crippen LogP contribution in [0, 0.1) is 0 Å². The predicted octanol–water partition coefficient (Wildman–Crippen LogP) is 5.01. The zero-order valence-corrected chi connectivity index (χ0v) is 24.2. The second-order valence-corrected chi connectivity index (χ2v) is 11.2. The van der Waals surface area contributed by atoms with Gasteiger partial charge in [0.15, 0.2) is 4.80 Å². The fourth-order valence-electron chi connectivity index (χ4n) is 4.58. The molecule has 0 saturated heterocycles. The molecule has 0 bridgehead atoms. The molecule has 2 aromatic heterocycles. The highest BCUT2D eigenvalue weighted by Crippen LogP contribution is 2.31. The Bertz CT molecular complexity index is 1810. The first kappa shape index (κ1) is 28.0. The van der Waals surface area contributed by atoms with Crippen LogP contribution in [0.2, 0.25) is 0 Å². The molecule has 0 N–H and O–H groups in total. The van der Waals surface area contributed by atoms with Crippen molar-refractivity contribution in [1.82, 2.24) is 4.57 Å². The smallest absolute Gasteiger partial charge is 0.338 e. The molecule has 3 heterocycles. The number of carbonyl (C=O) groups excluding carboxylic acids is 2. The molecule has 9 heteroatoms. The first-order valence-corrected chi connectivity index (χ1v) is 14.1. The Morgan fingerprint density at radius 1 is 0.927 bits per heavy atom. The molecule has 8 nitrogen and oxygen atoms in total. The van der Waals surface area contributed by atoms with Gasteiger partial charge in [-0.1, -0.05) is 53.8 Å². The number of esters is 2. The summed E-state index contributed by atoms with van der Waals surface area (Å²) in [7, 11) is 0. The molecule has 41 heavy (non-hydrogen) atoms. The van der Waals surface area contributed by atoms with Crippen molar-refractivity contribution in [1.29, 1.82) is 0 Å². The third-order valence-corrected chi connectivity index (χ3v) is 7.33. The molecule has 0 aliphatic carbocycles. The number of benzene rings is 2. The summed E-state index contributed by atoms with van der Waals surface area (Å²) in [5.74, 6) is 0.194. The minimum Gasteiger partial charge on any atom is -0.459 e. The Kier molecular flexibility index (Phi) is 7.90. The summed E-state index contributed by atoms with van der Waals surface area (Å²) < 4.78 is 18.8. The monoisotopic (exact) mass is 570 g/mol. The maximum atomic E-state index is 13.8. The number of thiazole rings is 1. The SMILES string of the molecule is CC1=C(C(=O)OC(C)C)C(c2ccccc2)n2c(sc(=Cc3ccc(-c4ccc(C(=O)OC(C)C)cc4)o3)c2=O)=N1.